The highest BCUT2D eigenvalue weighted by Gasteiger charge is 2.15. The number of Topliss-reactive ketones (excluding diaryl/α,β-unsaturated/α-hetero) is 1. The number of ether oxygens (including phenoxy) is 1. The van der Waals surface area contributed by atoms with E-state index < -0.39 is 5.97 Å². The number of rotatable bonds is 7. The molecule has 8 heteroatoms. The lowest BCUT2D eigenvalue weighted by atomic mass is 9.91. The van der Waals surface area contributed by atoms with Crippen molar-refractivity contribution in [2.24, 2.45) is 5.92 Å². The Morgan fingerprint density at radius 2 is 1.73 bits per heavy atom. The molecule has 0 radical (unpaired) electrons. The predicted octanol–water partition coefficient (Wildman–Crippen LogP) is 5.96. The van der Waals surface area contributed by atoms with Crippen LogP contribution >= 0.6 is 0 Å². The van der Waals surface area contributed by atoms with Gasteiger partial charge in [0.25, 0.3) is 0 Å². The van der Waals surface area contributed by atoms with E-state index in [9.17, 15) is 14.0 Å². The van der Waals surface area contributed by atoms with Crippen LogP contribution in [0.4, 0.5) is 4.39 Å². The molecule has 2 aromatic carbocycles. The number of aromatic nitrogens is 2. The van der Waals surface area contributed by atoms with Crippen molar-refractivity contribution in [3.63, 3.8) is 0 Å². The van der Waals surface area contributed by atoms with Crippen LogP contribution < -0.4 is 4.74 Å². The van der Waals surface area contributed by atoms with Crippen LogP contribution in [0, 0.1) is 18.7 Å². The molecular weight excluding hydrogens is 475 g/mol. The first kappa shape index (κ1) is 29.7. The first-order valence-corrected chi connectivity index (χ1v) is 12.5. The summed E-state index contributed by atoms with van der Waals surface area (Å²) in [6, 6.07) is 15.4. The van der Waals surface area contributed by atoms with Crippen molar-refractivity contribution in [1.29, 1.82) is 0 Å². The molecule has 0 aliphatic heterocycles. The summed E-state index contributed by atoms with van der Waals surface area (Å²) < 4.78 is 20.1. The second-order valence-electron chi connectivity index (χ2n) is 9.29. The molecule has 0 saturated heterocycles. The maximum Gasteiger partial charge on any atom is 0.356 e. The third-order valence-corrected chi connectivity index (χ3v) is 5.88. The van der Waals surface area contributed by atoms with Crippen LogP contribution in [0.1, 0.15) is 73.1 Å². The number of carbonyl (C=O) groups excluding carboxylic acids is 1. The van der Waals surface area contributed by atoms with E-state index in [1.165, 1.54) is 55.8 Å². The zero-order valence-electron chi connectivity index (χ0n) is 21.8. The lowest BCUT2D eigenvalue weighted by molar-refractivity contribution is -0.117. The Balaban J connectivity index is 0.000000259. The Hall–Kier alpha value is -3.52. The summed E-state index contributed by atoms with van der Waals surface area (Å²) in [5, 5.41) is 21.3. The highest BCUT2D eigenvalue weighted by molar-refractivity contribution is 5.85. The Labute approximate surface area is 217 Å². The fraction of sp³-hybridized carbons (Fsp3) is 0.414. The molecule has 37 heavy (non-hydrogen) atoms. The number of aryl methyl sites for hydroxylation is 1. The van der Waals surface area contributed by atoms with Gasteiger partial charge in [0.15, 0.2) is 11.5 Å². The smallest absolute Gasteiger partial charge is 0.356 e. The number of hydrogen-bond donors (Lipinski definition) is 2. The fourth-order valence-electron chi connectivity index (χ4n) is 3.72. The van der Waals surface area contributed by atoms with Crippen molar-refractivity contribution >= 4 is 11.8 Å². The number of aliphatic hydroxyl groups is 1. The number of aromatic carboxylic acids is 1. The van der Waals surface area contributed by atoms with Crippen molar-refractivity contribution in [3.8, 4) is 5.88 Å². The maximum atomic E-state index is 13.5. The first-order chi connectivity index (χ1) is 17.7. The number of aliphatic hydroxyl groups excluding tert-OH is 1. The van der Waals surface area contributed by atoms with Crippen LogP contribution in [-0.4, -0.2) is 31.7 Å². The second kappa shape index (κ2) is 15.6. The number of ketones is 1. The molecule has 0 unspecified atom stereocenters. The summed E-state index contributed by atoms with van der Waals surface area (Å²) in [7, 11) is 0. The van der Waals surface area contributed by atoms with E-state index in [0.29, 0.717) is 11.1 Å². The molecule has 1 aliphatic carbocycles. The zero-order chi connectivity index (χ0) is 27.2. The molecule has 0 amide bonds. The predicted molar refractivity (Wildman–Crippen MR) is 140 cm³/mol. The summed E-state index contributed by atoms with van der Waals surface area (Å²) in [5.74, 6) is -0.563. The minimum Gasteiger partial charge on any atom is -0.476 e. The third kappa shape index (κ3) is 11.0. The molecule has 0 bridgehead atoms. The summed E-state index contributed by atoms with van der Waals surface area (Å²) in [6.45, 7) is 5.47. The van der Waals surface area contributed by atoms with E-state index in [4.69, 9.17) is 14.9 Å². The van der Waals surface area contributed by atoms with Gasteiger partial charge < -0.3 is 14.9 Å². The number of hydrogen-bond acceptors (Lipinski definition) is 5. The Kier molecular flexibility index (Phi) is 12.5. The largest absolute Gasteiger partial charge is 0.476 e. The molecule has 1 aliphatic rings. The SMILES string of the molecule is CC(=O)Cn1nc(C(=O)O)cc1OCc1ccc(C)c(F)c1.CC1CCCCC1.OCc1ccccc1. The topological polar surface area (TPSA) is 102 Å². The first-order valence-electron chi connectivity index (χ1n) is 12.5. The molecule has 200 valence electrons. The minimum absolute atomic E-state index is 0.0415. The molecule has 1 heterocycles. The van der Waals surface area contributed by atoms with Crippen molar-refractivity contribution in [2.75, 3.05) is 0 Å². The number of benzene rings is 2. The second-order valence-corrected chi connectivity index (χ2v) is 9.29. The van der Waals surface area contributed by atoms with E-state index >= 15 is 0 Å². The van der Waals surface area contributed by atoms with Crippen LogP contribution in [0.2, 0.25) is 0 Å². The van der Waals surface area contributed by atoms with Crippen LogP contribution in [-0.2, 0) is 24.6 Å². The third-order valence-electron chi connectivity index (χ3n) is 5.88. The molecular formula is C29H37FN2O5. The van der Waals surface area contributed by atoms with Gasteiger partial charge in [0.05, 0.1) is 6.61 Å². The van der Waals surface area contributed by atoms with E-state index in [2.05, 4.69) is 12.0 Å². The molecule has 2 N–H and O–H groups in total. The molecule has 1 aromatic heterocycles. The van der Waals surface area contributed by atoms with Gasteiger partial charge in [-0.05, 0) is 42.5 Å². The van der Waals surface area contributed by atoms with Gasteiger partial charge >= 0.3 is 5.97 Å². The lowest BCUT2D eigenvalue weighted by Crippen LogP contribution is -2.11. The van der Waals surface area contributed by atoms with Crippen molar-refractivity contribution in [3.05, 3.63) is 82.8 Å². The average Bonchev–Trinajstić information content (AvgIpc) is 3.29. The molecule has 4 rings (SSSR count). The summed E-state index contributed by atoms with van der Waals surface area (Å²) in [4.78, 5) is 22.1. The number of carboxylic acid groups (broad SMARTS) is 1. The van der Waals surface area contributed by atoms with Gasteiger partial charge in [-0.2, -0.15) is 5.10 Å². The van der Waals surface area contributed by atoms with Gasteiger partial charge in [0, 0.05) is 6.07 Å². The highest BCUT2D eigenvalue weighted by Crippen LogP contribution is 2.22. The number of carboxylic acids is 1. The number of carbonyl (C=O) groups is 2. The van der Waals surface area contributed by atoms with Crippen LogP contribution in [0.15, 0.2) is 54.6 Å². The normalized spacial score (nSPS) is 13.0. The molecule has 7 nitrogen and oxygen atoms in total. The van der Waals surface area contributed by atoms with Crippen LogP contribution in [0.25, 0.3) is 0 Å². The lowest BCUT2D eigenvalue weighted by Gasteiger charge is -2.15. The molecule has 3 aromatic rings. The number of halogens is 1. The quantitative estimate of drug-likeness (QED) is 0.405. The monoisotopic (exact) mass is 512 g/mol. The van der Waals surface area contributed by atoms with Gasteiger partial charge in [0.1, 0.15) is 19.0 Å². The van der Waals surface area contributed by atoms with Gasteiger partial charge in [-0.15, -0.1) is 0 Å². The van der Waals surface area contributed by atoms with Crippen molar-refractivity contribution in [2.45, 2.75) is 72.6 Å². The Morgan fingerprint density at radius 1 is 1.05 bits per heavy atom. The molecule has 1 saturated carbocycles. The summed E-state index contributed by atoms with van der Waals surface area (Å²) in [6.07, 6.45) is 7.44. The van der Waals surface area contributed by atoms with Crippen LogP contribution in [0.5, 0.6) is 5.88 Å². The minimum atomic E-state index is -1.21. The summed E-state index contributed by atoms with van der Waals surface area (Å²) in [5.41, 5.74) is 1.87. The van der Waals surface area contributed by atoms with E-state index in [-0.39, 0.29) is 42.9 Å². The molecule has 0 spiro atoms. The Morgan fingerprint density at radius 3 is 2.22 bits per heavy atom. The molecule has 1 fully saturated rings. The van der Waals surface area contributed by atoms with Crippen molar-refractivity contribution in [1.82, 2.24) is 9.78 Å². The average molecular weight is 513 g/mol. The van der Waals surface area contributed by atoms with Gasteiger partial charge in [0.2, 0.25) is 5.88 Å². The van der Waals surface area contributed by atoms with Crippen molar-refractivity contribution < 1.29 is 28.9 Å². The highest BCUT2D eigenvalue weighted by atomic mass is 19.1. The van der Waals surface area contributed by atoms with E-state index in [1.807, 2.05) is 30.3 Å². The molecule has 0 atom stereocenters. The van der Waals surface area contributed by atoms with Gasteiger partial charge in [-0.3, -0.25) is 4.79 Å². The van der Waals surface area contributed by atoms with Gasteiger partial charge in [-0.25, -0.2) is 13.9 Å². The summed E-state index contributed by atoms with van der Waals surface area (Å²) >= 11 is 0. The number of nitrogens with zero attached hydrogens (tertiary/aromatic N) is 2. The van der Waals surface area contributed by atoms with Gasteiger partial charge in [-0.1, -0.05) is 81.5 Å². The Bertz CT molecular complexity index is 1120. The van der Waals surface area contributed by atoms with E-state index in [1.54, 1.807) is 19.1 Å². The maximum absolute atomic E-state index is 13.5. The standard InChI is InChI=1S/C15H15FN2O4.C7H8O.C7H14/c1-9-3-4-11(5-12(9)16)8-22-14-6-13(15(20)21)17-18(14)7-10(2)19;8-6-7-4-2-1-3-5-7;1-7-5-3-2-4-6-7/h3-6H,7-8H2,1-2H3,(H,20,21);1-5,8H,6H2;7H,2-6H2,1H3. The van der Waals surface area contributed by atoms with Crippen LogP contribution in [0.3, 0.4) is 0 Å². The van der Waals surface area contributed by atoms with E-state index in [0.717, 1.165) is 11.5 Å². The zero-order valence-corrected chi connectivity index (χ0v) is 21.8. The fourth-order valence-corrected chi connectivity index (χ4v) is 3.72.